The Kier molecular flexibility index (Phi) is 7.65. The Balaban J connectivity index is 1.34. The molecule has 1 atom stereocenters. The summed E-state index contributed by atoms with van der Waals surface area (Å²) in [6, 6.07) is 10.5. The van der Waals surface area contributed by atoms with Gasteiger partial charge in [0.1, 0.15) is 0 Å². The van der Waals surface area contributed by atoms with Crippen LogP contribution in [0, 0.1) is 5.92 Å². The number of rotatable bonds is 6. The van der Waals surface area contributed by atoms with Gasteiger partial charge in [0.2, 0.25) is 0 Å². The second kappa shape index (κ2) is 10.2. The first kappa shape index (κ1) is 19.5. The summed E-state index contributed by atoms with van der Waals surface area (Å²) in [6.45, 7) is 8.32. The number of carbonyl (C=O) groups excluding carboxylic acids is 1. The maximum absolute atomic E-state index is 12.5. The average molecular weight is 377 g/mol. The number of nitrogens with one attached hydrogen (secondary N) is 1. The van der Waals surface area contributed by atoms with Gasteiger partial charge in [-0.1, -0.05) is 18.2 Å². The highest BCUT2D eigenvalue weighted by atomic mass is 32.2. The minimum Gasteiger partial charge on any atom is -0.337 e. The summed E-state index contributed by atoms with van der Waals surface area (Å²) in [5.74, 6) is 1.53. The molecule has 1 N–H and O–H groups in total. The number of urea groups is 1. The van der Waals surface area contributed by atoms with Crippen LogP contribution in [0.15, 0.2) is 35.2 Å². The number of carbonyl (C=O) groups is 1. The number of benzene rings is 1. The number of likely N-dealkylation sites (N-methyl/N-ethyl adjacent to an activating group) is 1. The molecule has 2 saturated heterocycles. The van der Waals surface area contributed by atoms with E-state index in [2.05, 4.69) is 46.4 Å². The van der Waals surface area contributed by atoms with Crippen LogP contribution < -0.4 is 5.32 Å². The van der Waals surface area contributed by atoms with Crippen LogP contribution in [-0.4, -0.2) is 85.9 Å². The first-order valence-corrected chi connectivity index (χ1v) is 10.8. The van der Waals surface area contributed by atoms with E-state index in [9.17, 15) is 4.79 Å². The molecule has 0 aromatic heterocycles. The topological polar surface area (TPSA) is 38.8 Å². The number of hydrogen-bond donors (Lipinski definition) is 1. The number of piperazine rings is 1. The van der Waals surface area contributed by atoms with Gasteiger partial charge in [-0.05, 0) is 37.9 Å². The summed E-state index contributed by atoms with van der Waals surface area (Å²) in [5, 5.41) is 3.10. The van der Waals surface area contributed by atoms with Gasteiger partial charge >= 0.3 is 6.03 Å². The van der Waals surface area contributed by atoms with E-state index in [1.165, 1.54) is 11.3 Å². The molecule has 0 aliphatic carbocycles. The highest BCUT2D eigenvalue weighted by Crippen LogP contribution is 2.19. The van der Waals surface area contributed by atoms with Crippen molar-refractivity contribution in [3.8, 4) is 0 Å². The highest BCUT2D eigenvalue weighted by Gasteiger charge is 2.26. The average Bonchev–Trinajstić information content (AvgIpc) is 2.68. The molecule has 1 aromatic rings. The summed E-state index contributed by atoms with van der Waals surface area (Å²) < 4.78 is 0. The van der Waals surface area contributed by atoms with E-state index in [4.69, 9.17) is 0 Å². The molecule has 2 aliphatic heterocycles. The molecule has 0 radical (unpaired) electrons. The van der Waals surface area contributed by atoms with Crippen LogP contribution in [0.5, 0.6) is 0 Å². The number of nitrogens with zero attached hydrogens (tertiary/aromatic N) is 3. The zero-order valence-electron chi connectivity index (χ0n) is 15.9. The third-order valence-corrected chi connectivity index (χ3v) is 6.32. The molecule has 3 rings (SSSR count). The summed E-state index contributed by atoms with van der Waals surface area (Å²) >= 11 is 1.79. The molecule has 0 saturated carbocycles. The van der Waals surface area contributed by atoms with Gasteiger partial charge in [-0.3, -0.25) is 0 Å². The molecule has 0 unspecified atom stereocenters. The Morgan fingerprint density at radius 3 is 2.69 bits per heavy atom. The van der Waals surface area contributed by atoms with Crippen molar-refractivity contribution in [3.63, 3.8) is 0 Å². The maximum Gasteiger partial charge on any atom is 0.317 e. The fourth-order valence-electron chi connectivity index (χ4n) is 3.75. The Hall–Kier alpha value is -1.24. The predicted octanol–water partition coefficient (Wildman–Crippen LogP) is 2.45. The second-order valence-electron chi connectivity index (χ2n) is 7.45. The minimum atomic E-state index is 0.113. The van der Waals surface area contributed by atoms with Crippen LogP contribution in [-0.2, 0) is 0 Å². The number of thioether (sulfide) groups is 1. The van der Waals surface area contributed by atoms with Crippen LogP contribution in [0.2, 0.25) is 0 Å². The van der Waals surface area contributed by atoms with E-state index in [1.807, 2.05) is 11.0 Å². The fraction of sp³-hybridized carbons (Fsp3) is 0.650. The van der Waals surface area contributed by atoms with Gasteiger partial charge in [0, 0.05) is 63.0 Å². The quantitative estimate of drug-likeness (QED) is 0.611. The third-order valence-electron chi connectivity index (χ3n) is 5.31. The van der Waals surface area contributed by atoms with E-state index in [1.54, 1.807) is 11.8 Å². The largest absolute Gasteiger partial charge is 0.337 e. The lowest BCUT2D eigenvalue weighted by atomic mass is 9.97. The van der Waals surface area contributed by atoms with Gasteiger partial charge in [-0.25, -0.2) is 4.79 Å². The van der Waals surface area contributed by atoms with Crippen molar-refractivity contribution in [1.29, 1.82) is 0 Å². The van der Waals surface area contributed by atoms with Crippen molar-refractivity contribution in [2.24, 2.45) is 5.92 Å². The lowest BCUT2D eigenvalue weighted by molar-refractivity contribution is 0.106. The lowest BCUT2D eigenvalue weighted by Crippen LogP contribution is -2.50. The summed E-state index contributed by atoms with van der Waals surface area (Å²) in [5.41, 5.74) is 0. The summed E-state index contributed by atoms with van der Waals surface area (Å²) in [4.78, 5) is 20.7. The van der Waals surface area contributed by atoms with Crippen LogP contribution in [0.3, 0.4) is 0 Å². The molecule has 2 amide bonds. The van der Waals surface area contributed by atoms with Crippen LogP contribution >= 0.6 is 11.8 Å². The van der Waals surface area contributed by atoms with E-state index >= 15 is 0 Å². The van der Waals surface area contributed by atoms with Crippen molar-refractivity contribution in [3.05, 3.63) is 30.3 Å². The second-order valence-corrected chi connectivity index (χ2v) is 8.62. The Bertz CT molecular complexity index is 548. The number of amides is 2. The first-order valence-electron chi connectivity index (χ1n) is 9.82. The van der Waals surface area contributed by atoms with Gasteiger partial charge in [-0.2, -0.15) is 0 Å². The van der Waals surface area contributed by atoms with Crippen molar-refractivity contribution < 1.29 is 4.79 Å². The van der Waals surface area contributed by atoms with Crippen LogP contribution in [0.4, 0.5) is 4.79 Å². The standard InChI is InChI=1S/C20H32N4OS/c1-22-11-13-23(14-12-22)16-18-6-5-10-24(17-18)20(25)21-9-15-26-19-7-3-2-4-8-19/h2-4,7-8,18H,5-6,9-17H2,1H3,(H,21,25)/t18-/m0/s1. The molecule has 2 heterocycles. The smallest absolute Gasteiger partial charge is 0.317 e. The molecule has 26 heavy (non-hydrogen) atoms. The molecule has 1 aromatic carbocycles. The Morgan fingerprint density at radius 2 is 1.92 bits per heavy atom. The van der Waals surface area contributed by atoms with Gasteiger partial charge in [-0.15, -0.1) is 11.8 Å². The van der Waals surface area contributed by atoms with Crippen molar-refractivity contribution >= 4 is 17.8 Å². The number of likely N-dealkylation sites (tertiary alicyclic amines) is 1. The van der Waals surface area contributed by atoms with Crippen molar-refractivity contribution in [2.75, 3.05) is 65.2 Å². The van der Waals surface area contributed by atoms with E-state index in [-0.39, 0.29) is 6.03 Å². The minimum absolute atomic E-state index is 0.113. The zero-order chi connectivity index (χ0) is 18.2. The summed E-state index contributed by atoms with van der Waals surface area (Å²) in [6.07, 6.45) is 2.38. The molecule has 6 heteroatoms. The van der Waals surface area contributed by atoms with E-state index < -0.39 is 0 Å². The van der Waals surface area contributed by atoms with Crippen molar-refractivity contribution in [2.45, 2.75) is 17.7 Å². The number of piperidine rings is 1. The van der Waals surface area contributed by atoms with Gasteiger partial charge in [0.25, 0.3) is 0 Å². The Labute approximate surface area is 162 Å². The molecule has 2 fully saturated rings. The molecule has 0 spiro atoms. The first-order chi connectivity index (χ1) is 12.7. The Morgan fingerprint density at radius 1 is 1.15 bits per heavy atom. The monoisotopic (exact) mass is 376 g/mol. The van der Waals surface area contributed by atoms with Crippen LogP contribution in [0.1, 0.15) is 12.8 Å². The molecule has 144 valence electrons. The SMILES string of the molecule is CN1CCN(C[C@@H]2CCCN(C(=O)NCCSc3ccccc3)C2)CC1. The van der Waals surface area contributed by atoms with Crippen molar-refractivity contribution in [1.82, 2.24) is 20.0 Å². The molecular formula is C20H32N4OS. The van der Waals surface area contributed by atoms with Gasteiger partial charge in [0.15, 0.2) is 0 Å². The maximum atomic E-state index is 12.5. The third kappa shape index (κ3) is 6.18. The molecule has 5 nitrogen and oxygen atoms in total. The zero-order valence-corrected chi connectivity index (χ0v) is 16.7. The summed E-state index contributed by atoms with van der Waals surface area (Å²) in [7, 11) is 2.19. The normalized spacial score (nSPS) is 22.3. The van der Waals surface area contributed by atoms with Gasteiger partial charge < -0.3 is 20.0 Å². The highest BCUT2D eigenvalue weighted by molar-refractivity contribution is 7.99. The molecular weight excluding hydrogens is 344 g/mol. The lowest BCUT2D eigenvalue weighted by Gasteiger charge is -2.38. The van der Waals surface area contributed by atoms with E-state index in [0.29, 0.717) is 5.92 Å². The molecule has 0 bridgehead atoms. The van der Waals surface area contributed by atoms with Crippen LogP contribution in [0.25, 0.3) is 0 Å². The van der Waals surface area contributed by atoms with Gasteiger partial charge in [0.05, 0.1) is 0 Å². The predicted molar refractivity (Wildman–Crippen MR) is 109 cm³/mol. The molecule has 2 aliphatic rings. The number of hydrogen-bond acceptors (Lipinski definition) is 4. The van der Waals surface area contributed by atoms with E-state index in [0.717, 1.165) is 64.5 Å². The fourth-order valence-corrected chi connectivity index (χ4v) is 4.54.